The zero-order chi connectivity index (χ0) is 9.84. The highest BCUT2D eigenvalue weighted by Gasteiger charge is 2.03. The molecular weight excluding hydrogens is 186 g/mol. The van der Waals surface area contributed by atoms with Gasteiger partial charge in [0, 0.05) is 4.90 Å². The summed E-state index contributed by atoms with van der Waals surface area (Å²) in [4.78, 5) is 11.6. The van der Waals surface area contributed by atoms with Gasteiger partial charge in [0.2, 0.25) is 0 Å². The molecule has 0 aliphatic rings. The van der Waals surface area contributed by atoms with Crippen LogP contribution in [-0.2, 0) is 0 Å². The molecule has 1 rings (SSSR count). The van der Waals surface area contributed by atoms with Gasteiger partial charge in [0.15, 0.2) is 0 Å². The number of hydrogen-bond acceptors (Lipinski definition) is 3. The lowest BCUT2D eigenvalue weighted by Gasteiger charge is -2.08. The maximum absolute atomic E-state index is 10.6. The molecular formula is C9H11NO2S. The minimum Gasteiger partial charge on any atom is -0.478 e. The van der Waals surface area contributed by atoms with Crippen LogP contribution in [0.1, 0.15) is 10.4 Å². The van der Waals surface area contributed by atoms with Crippen LogP contribution in [0.4, 0.5) is 0 Å². The lowest BCUT2D eigenvalue weighted by molar-refractivity contribution is 0.0696. The molecule has 0 heterocycles. The Balaban J connectivity index is 2.85. The van der Waals surface area contributed by atoms with Crippen LogP contribution in [0.25, 0.3) is 0 Å². The van der Waals surface area contributed by atoms with Crippen LogP contribution in [-0.4, -0.2) is 29.5 Å². The molecule has 0 unspecified atom stereocenters. The van der Waals surface area contributed by atoms with Gasteiger partial charge >= 0.3 is 5.97 Å². The fourth-order valence-corrected chi connectivity index (χ4v) is 1.64. The predicted molar refractivity (Wildman–Crippen MR) is 52.9 cm³/mol. The molecule has 0 saturated carbocycles. The summed E-state index contributed by atoms with van der Waals surface area (Å²) in [6.07, 6.45) is 0. The SMILES string of the molecule is CN(C)Sc1cccc(C(=O)O)c1. The molecule has 1 N–H and O–H groups in total. The van der Waals surface area contributed by atoms with E-state index in [1.165, 1.54) is 11.9 Å². The molecule has 0 bridgehead atoms. The van der Waals surface area contributed by atoms with E-state index in [9.17, 15) is 4.79 Å². The van der Waals surface area contributed by atoms with Crippen molar-refractivity contribution in [3.8, 4) is 0 Å². The molecule has 0 fully saturated rings. The number of aromatic carboxylic acids is 1. The molecule has 0 radical (unpaired) electrons. The van der Waals surface area contributed by atoms with Crippen molar-refractivity contribution in [1.82, 2.24) is 4.31 Å². The number of carboxylic acid groups (broad SMARTS) is 1. The third-order valence-corrected chi connectivity index (χ3v) is 2.20. The largest absolute Gasteiger partial charge is 0.478 e. The molecule has 0 saturated heterocycles. The van der Waals surface area contributed by atoms with Gasteiger partial charge in [0.05, 0.1) is 5.56 Å². The lowest BCUT2D eigenvalue weighted by Crippen LogP contribution is -2.00. The van der Waals surface area contributed by atoms with Crippen molar-refractivity contribution < 1.29 is 9.90 Å². The summed E-state index contributed by atoms with van der Waals surface area (Å²) in [7, 11) is 3.83. The number of rotatable bonds is 3. The van der Waals surface area contributed by atoms with Crippen molar-refractivity contribution in [2.75, 3.05) is 14.1 Å². The molecule has 70 valence electrons. The minimum atomic E-state index is -0.888. The highest BCUT2D eigenvalue weighted by molar-refractivity contribution is 7.97. The zero-order valence-corrected chi connectivity index (χ0v) is 8.34. The molecule has 13 heavy (non-hydrogen) atoms. The van der Waals surface area contributed by atoms with Crippen molar-refractivity contribution in [3.05, 3.63) is 29.8 Å². The average molecular weight is 197 g/mol. The van der Waals surface area contributed by atoms with Crippen LogP contribution in [0, 0.1) is 0 Å². The number of benzene rings is 1. The molecule has 1 aromatic carbocycles. The Hall–Kier alpha value is -1.00. The van der Waals surface area contributed by atoms with Gasteiger partial charge in [-0.05, 0) is 44.2 Å². The fourth-order valence-electron chi connectivity index (χ4n) is 0.897. The van der Waals surface area contributed by atoms with Crippen LogP contribution in [0.3, 0.4) is 0 Å². The Morgan fingerprint density at radius 3 is 2.69 bits per heavy atom. The second-order valence-electron chi connectivity index (χ2n) is 2.74. The average Bonchev–Trinajstić information content (AvgIpc) is 2.03. The molecule has 4 heteroatoms. The molecule has 0 aliphatic carbocycles. The first-order valence-corrected chi connectivity index (χ1v) is 4.55. The fraction of sp³-hybridized carbons (Fsp3) is 0.222. The monoisotopic (exact) mass is 197 g/mol. The van der Waals surface area contributed by atoms with E-state index in [4.69, 9.17) is 5.11 Å². The van der Waals surface area contributed by atoms with Crippen molar-refractivity contribution in [3.63, 3.8) is 0 Å². The van der Waals surface area contributed by atoms with E-state index >= 15 is 0 Å². The first-order chi connectivity index (χ1) is 6.09. The van der Waals surface area contributed by atoms with Gasteiger partial charge in [-0.1, -0.05) is 6.07 Å². The van der Waals surface area contributed by atoms with E-state index in [2.05, 4.69) is 0 Å². The van der Waals surface area contributed by atoms with Gasteiger partial charge in [-0.2, -0.15) is 0 Å². The number of hydrogen-bond donors (Lipinski definition) is 1. The van der Waals surface area contributed by atoms with E-state index < -0.39 is 5.97 Å². The van der Waals surface area contributed by atoms with Crippen LogP contribution < -0.4 is 0 Å². The molecule has 0 amide bonds. The summed E-state index contributed by atoms with van der Waals surface area (Å²) in [6.45, 7) is 0. The number of carboxylic acids is 1. The van der Waals surface area contributed by atoms with Gasteiger partial charge in [-0.3, -0.25) is 4.31 Å². The molecule has 0 spiro atoms. The first-order valence-electron chi connectivity index (χ1n) is 3.78. The first kappa shape index (κ1) is 10.1. The van der Waals surface area contributed by atoms with Gasteiger partial charge in [0.1, 0.15) is 0 Å². The number of nitrogens with zero attached hydrogens (tertiary/aromatic N) is 1. The van der Waals surface area contributed by atoms with Gasteiger partial charge < -0.3 is 5.11 Å². The number of carbonyl (C=O) groups is 1. The standard InChI is InChI=1S/C9H11NO2S/c1-10(2)13-8-5-3-4-7(6-8)9(11)12/h3-6H,1-2H3,(H,11,12). The van der Waals surface area contributed by atoms with E-state index in [0.717, 1.165) is 4.90 Å². The Kier molecular flexibility index (Phi) is 3.33. The summed E-state index contributed by atoms with van der Waals surface area (Å²) < 4.78 is 1.92. The molecule has 3 nitrogen and oxygen atoms in total. The third kappa shape index (κ3) is 3.08. The smallest absolute Gasteiger partial charge is 0.335 e. The summed E-state index contributed by atoms with van der Waals surface area (Å²) in [5.41, 5.74) is 0.326. The highest BCUT2D eigenvalue weighted by atomic mass is 32.2. The van der Waals surface area contributed by atoms with E-state index in [0.29, 0.717) is 5.56 Å². The molecule has 0 aliphatic heterocycles. The van der Waals surface area contributed by atoms with Crippen molar-refractivity contribution in [2.24, 2.45) is 0 Å². The van der Waals surface area contributed by atoms with E-state index in [1.54, 1.807) is 18.2 Å². The maximum Gasteiger partial charge on any atom is 0.335 e. The van der Waals surface area contributed by atoms with Gasteiger partial charge in [-0.15, -0.1) is 0 Å². The maximum atomic E-state index is 10.6. The van der Waals surface area contributed by atoms with E-state index in [1.807, 2.05) is 24.5 Å². The van der Waals surface area contributed by atoms with Gasteiger partial charge in [0.25, 0.3) is 0 Å². The summed E-state index contributed by atoms with van der Waals surface area (Å²) in [6, 6.07) is 6.88. The normalized spacial score (nSPS) is 10.4. The molecule has 0 atom stereocenters. The highest BCUT2D eigenvalue weighted by Crippen LogP contribution is 2.20. The Labute approximate surface area is 81.5 Å². The minimum absolute atomic E-state index is 0.326. The summed E-state index contributed by atoms with van der Waals surface area (Å²) in [5, 5.41) is 8.72. The van der Waals surface area contributed by atoms with Crippen LogP contribution >= 0.6 is 11.9 Å². The second kappa shape index (κ2) is 4.30. The summed E-state index contributed by atoms with van der Waals surface area (Å²) in [5.74, 6) is -0.888. The summed E-state index contributed by atoms with van der Waals surface area (Å²) >= 11 is 1.50. The molecule has 0 aromatic heterocycles. The van der Waals surface area contributed by atoms with Crippen molar-refractivity contribution in [1.29, 1.82) is 0 Å². The lowest BCUT2D eigenvalue weighted by atomic mass is 10.2. The zero-order valence-electron chi connectivity index (χ0n) is 7.52. The van der Waals surface area contributed by atoms with Crippen LogP contribution in [0.2, 0.25) is 0 Å². The van der Waals surface area contributed by atoms with Crippen LogP contribution in [0.5, 0.6) is 0 Å². The predicted octanol–water partition coefficient (Wildman–Crippen LogP) is 1.95. The van der Waals surface area contributed by atoms with E-state index in [-0.39, 0.29) is 0 Å². The second-order valence-corrected chi connectivity index (χ2v) is 4.12. The van der Waals surface area contributed by atoms with Gasteiger partial charge in [-0.25, -0.2) is 4.79 Å². The quantitative estimate of drug-likeness (QED) is 0.752. The molecule has 1 aromatic rings. The Bertz CT molecular complexity index is 312. The van der Waals surface area contributed by atoms with Crippen molar-refractivity contribution in [2.45, 2.75) is 4.90 Å². The topological polar surface area (TPSA) is 40.5 Å². The third-order valence-electron chi connectivity index (χ3n) is 1.37. The Morgan fingerprint density at radius 1 is 1.46 bits per heavy atom. The Morgan fingerprint density at radius 2 is 2.15 bits per heavy atom. The van der Waals surface area contributed by atoms with Crippen LogP contribution in [0.15, 0.2) is 29.2 Å². The van der Waals surface area contributed by atoms with Crippen molar-refractivity contribution >= 4 is 17.9 Å².